The van der Waals surface area contributed by atoms with Gasteiger partial charge in [-0.1, -0.05) is 11.6 Å². The van der Waals surface area contributed by atoms with Crippen molar-refractivity contribution < 1.29 is 0 Å². The average molecular weight is 245 g/mol. The number of aromatic nitrogens is 4. The Kier molecular flexibility index (Phi) is 2.30. The largest absolute Gasteiger partial charge is 0.275 e. The number of halogens is 1. The zero-order valence-electron chi connectivity index (χ0n) is 9.13. The normalized spacial score (nSPS) is 10.9. The van der Waals surface area contributed by atoms with E-state index in [-0.39, 0.29) is 0 Å². The highest BCUT2D eigenvalue weighted by atomic mass is 35.5. The van der Waals surface area contributed by atoms with Crippen molar-refractivity contribution in [3.63, 3.8) is 0 Å². The lowest BCUT2D eigenvalue weighted by molar-refractivity contribution is 0.768. The first kappa shape index (κ1) is 10.2. The second kappa shape index (κ2) is 3.82. The van der Waals surface area contributed by atoms with Crippen molar-refractivity contribution in [1.82, 2.24) is 19.7 Å². The zero-order chi connectivity index (χ0) is 11.8. The molecule has 0 fully saturated rings. The van der Waals surface area contributed by atoms with Gasteiger partial charge in [0.1, 0.15) is 0 Å². The van der Waals surface area contributed by atoms with Crippen LogP contribution < -0.4 is 0 Å². The predicted molar refractivity (Wildman–Crippen MR) is 66.8 cm³/mol. The lowest BCUT2D eigenvalue weighted by Gasteiger charge is -2.01. The highest BCUT2D eigenvalue weighted by Gasteiger charge is 2.05. The van der Waals surface area contributed by atoms with Crippen LogP contribution in [-0.4, -0.2) is 19.7 Å². The van der Waals surface area contributed by atoms with E-state index in [4.69, 9.17) is 11.6 Å². The molecular weight excluding hydrogens is 236 g/mol. The summed E-state index contributed by atoms with van der Waals surface area (Å²) in [4.78, 5) is 8.68. The van der Waals surface area contributed by atoms with E-state index in [0.717, 1.165) is 16.6 Å². The van der Waals surface area contributed by atoms with Crippen molar-refractivity contribution in [1.29, 1.82) is 0 Å². The molecule has 0 saturated carbocycles. The number of hydrogen-bond acceptors (Lipinski definition) is 3. The highest BCUT2D eigenvalue weighted by molar-refractivity contribution is 6.35. The van der Waals surface area contributed by atoms with E-state index in [9.17, 15) is 0 Å². The third kappa shape index (κ3) is 1.76. The molecule has 0 bridgehead atoms. The molecule has 3 aromatic heterocycles. The van der Waals surface area contributed by atoms with Gasteiger partial charge in [0.15, 0.2) is 5.65 Å². The summed E-state index contributed by atoms with van der Waals surface area (Å²) < 4.78 is 1.74. The fourth-order valence-electron chi connectivity index (χ4n) is 1.71. The summed E-state index contributed by atoms with van der Waals surface area (Å²) >= 11 is 6.06. The summed E-state index contributed by atoms with van der Waals surface area (Å²) in [5.41, 5.74) is 2.47. The molecule has 0 aliphatic heterocycles. The van der Waals surface area contributed by atoms with Gasteiger partial charge in [0.25, 0.3) is 0 Å². The van der Waals surface area contributed by atoms with Crippen LogP contribution in [0, 0.1) is 0 Å². The summed E-state index contributed by atoms with van der Waals surface area (Å²) in [5.74, 6) is 0. The Bertz CT molecular complexity index is 690. The van der Waals surface area contributed by atoms with E-state index < -0.39 is 0 Å². The van der Waals surface area contributed by atoms with Gasteiger partial charge in [0, 0.05) is 30.4 Å². The van der Waals surface area contributed by atoms with Gasteiger partial charge in [0.2, 0.25) is 0 Å². The van der Waals surface area contributed by atoms with E-state index in [1.54, 1.807) is 23.1 Å². The summed E-state index contributed by atoms with van der Waals surface area (Å²) in [6, 6.07) is 5.61. The number of pyridine rings is 2. The van der Waals surface area contributed by atoms with E-state index in [2.05, 4.69) is 15.1 Å². The quantitative estimate of drug-likeness (QED) is 0.661. The molecule has 0 atom stereocenters. The van der Waals surface area contributed by atoms with Crippen LogP contribution in [0.5, 0.6) is 0 Å². The van der Waals surface area contributed by atoms with Gasteiger partial charge >= 0.3 is 0 Å². The molecule has 3 heterocycles. The summed E-state index contributed by atoms with van der Waals surface area (Å²) in [6.07, 6.45) is 5.35. The van der Waals surface area contributed by atoms with Gasteiger partial charge in [-0.3, -0.25) is 4.68 Å². The number of hydrogen-bond donors (Lipinski definition) is 0. The molecular formula is C12H9ClN4. The molecule has 0 saturated heterocycles. The topological polar surface area (TPSA) is 43.6 Å². The van der Waals surface area contributed by atoms with Gasteiger partial charge in [0.05, 0.1) is 16.9 Å². The fourth-order valence-corrected chi connectivity index (χ4v) is 1.91. The van der Waals surface area contributed by atoms with Crippen LogP contribution >= 0.6 is 11.6 Å². The molecule has 84 valence electrons. The van der Waals surface area contributed by atoms with Crippen molar-refractivity contribution >= 4 is 22.6 Å². The van der Waals surface area contributed by atoms with Gasteiger partial charge in [-0.2, -0.15) is 5.10 Å². The van der Waals surface area contributed by atoms with E-state index in [0.29, 0.717) is 10.7 Å². The van der Waals surface area contributed by atoms with Crippen molar-refractivity contribution in [2.24, 2.45) is 7.05 Å². The zero-order valence-corrected chi connectivity index (χ0v) is 9.89. The van der Waals surface area contributed by atoms with Crippen molar-refractivity contribution in [2.45, 2.75) is 0 Å². The monoisotopic (exact) mass is 244 g/mol. The molecule has 5 heteroatoms. The van der Waals surface area contributed by atoms with Crippen LogP contribution in [0.15, 0.2) is 36.8 Å². The van der Waals surface area contributed by atoms with Crippen LogP contribution in [-0.2, 0) is 7.05 Å². The van der Waals surface area contributed by atoms with Gasteiger partial charge in [-0.15, -0.1) is 0 Å². The number of rotatable bonds is 1. The number of fused-ring (bicyclic) bond motifs is 1. The van der Waals surface area contributed by atoms with E-state index in [1.165, 1.54) is 0 Å². The van der Waals surface area contributed by atoms with Crippen LogP contribution in [0.3, 0.4) is 0 Å². The first-order valence-electron chi connectivity index (χ1n) is 5.14. The maximum absolute atomic E-state index is 6.06. The summed E-state index contributed by atoms with van der Waals surface area (Å²) in [5, 5.41) is 5.65. The lowest BCUT2D eigenvalue weighted by Crippen LogP contribution is -1.87. The average Bonchev–Trinajstić information content (AvgIpc) is 2.76. The molecule has 0 unspecified atom stereocenters. The minimum Gasteiger partial charge on any atom is -0.275 e. The Morgan fingerprint density at radius 2 is 2.12 bits per heavy atom. The fraction of sp³-hybridized carbons (Fsp3) is 0.0833. The Morgan fingerprint density at radius 1 is 1.24 bits per heavy atom. The Hall–Kier alpha value is -1.94. The predicted octanol–water partition coefficient (Wildman–Crippen LogP) is 2.68. The Morgan fingerprint density at radius 3 is 2.88 bits per heavy atom. The molecule has 3 rings (SSSR count). The van der Waals surface area contributed by atoms with Crippen molar-refractivity contribution in [3.05, 3.63) is 41.8 Å². The number of nitrogens with zero attached hydrogens (tertiary/aromatic N) is 4. The highest BCUT2D eigenvalue weighted by Crippen LogP contribution is 2.23. The van der Waals surface area contributed by atoms with Crippen LogP contribution in [0.25, 0.3) is 22.3 Å². The Labute approximate surface area is 103 Å². The molecule has 3 aromatic rings. The minimum atomic E-state index is 0.652. The first-order valence-corrected chi connectivity index (χ1v) is 5.52. The molecule has 0 aliphatic rings. The second-order valence-electron chi connectivity index (χ2n) is 3.76. The molecule has 0 amide bonds. The summed E-state index contributed by atoms with van der Waals surface area (Å²) in [6.45, 7) is 0. The van der Waals surface area contributed by atoms with Gasteiger partial charge in [-0.25, -0.2) is 9.97 Å². The lowest BCUT2D eigenvalue weighted by atomic mass is 10.2. The second-order valence-corrected chi connectivity index (χ2v) is 4.17. The SMILES string of the molecule is Cn1cc(-c2ccc3c(Cl)ccnc3n2)cn1. The van der Waals surface area contributed by atoms with Gasteiger partial charge < -0.3 is 0 Å². The Balaban J connectivity index is 2.20. The molecule has 0 N–H and O–H groups in total. The third-order valence-electron chi connectivity index (χ3n) is 2.55. The van der Waals surface area contributed by atoms with Crippen molar-refractivity contribution in [3.8, 4) is 11.3 Å². The third-order valence-corrected chi connectivity index (χ3v) is 2.88. The molecule has 4 nitrogen and oxygen atoms in total. The van der Waals surface area contributed by atoms with Crippen LogP contribution in [0.2, 0.25) is 5.02 Å². The summed E-state index contributed by atoms with van der Waals surface area (Å²) in [7, 11) is 1.87. The first-order chi connectivity index (χ1) is 8.24. The minimum absolute atomic E-state index is 0.652. The number of aryl methyl sites for hydroxylation is 1. The van der Waals surface area contributed by atoms with E-state index >= 15 is 0 Å². The standard InChI is InChI=1S/C12H9ClN4/c1-17-7-8(6-15-17)11-3-2-9-10(13)4-5-14-12(9)16-11/h2-7H,1H3. The van der Waals surface area contributed by atoms with Crippen LogP contribution in [0.4, 0.5) is 0 Å². The molecule has 17 heavy (non-hydrogen) atoms. The maximum Gasteiger partial charge on any atom is 0.161 e. The molecule has 0 aromatic carbocycles. The maximum atomic E-state index is 6.06. The van der Waals surface area contributed by atoms with Crippen LogP contribution in [0.1, 0.15) is 0 Å². The van der Waals surface area contributed by atoms with E-state index in [1.807, 2.05) is 25.4 Å². The molecule has 0 spiro atoms. The smallest absolute Gasteiger partial charge is 0.161 e. The molecule has 0 radical (unpaired) electrons. The van der Waals surface area contributed by atoms with Crippen molar-refractivity contribution in [2.75, 3.05) is 0 Å². The molecule has 0 aliphatic carbocycles. The van der Waals surface area contributed by atoms with Gasteiger partial charge in [-0.05, 0) is 18.2 Å².